The van der Waals surface area contributed by atoms with Gasteiger partial charge in [0.2, 0.25) is 0 Å². The fraction of sp³-hybridized carbons (Fsp3) is 1.00. The molecule has 14 heavy (non-hydrogen) atoms. The van der Waals surface area contributed by atoms with E-state index in [9.17, 15) is 9.46 Å². The van der Waals surface area contributed by atoms with E-state index in [1.807, 2.05) is 0 Å². The highest BCUT2D eigenvalue weighted by Gasteiger charge is 2.17. The monoisotopic (exact) mass is 222 g/mol. The highest BCUT2D eigenvalue weighted by atomic mass is 31.2. The van der Waals surface area contributed by atoms with Crippen molar-refractivity contribution in [2.75, 3.05) is 12.8 Å². The minimum absolute atomic E-state index is 0.312. The molecule has 4 heteroatoms. The van der Waals surface area contributed by atoms with Crippen LogP contribution >= 0.6 is 7.60 Å². The predicted octanol–water partition coefficient (Wildman–Crippen LogP) is 3.57. The molecule has 0 radical (unpaired) electrons. The van der Waals surface area contributed by atoms with Gasteiger partial charge in [0.15, 0.2) is 0 Å². The maximum absolute atomic E-state index is 11.4. The number of hydrogen-bond acceptors (Lipinski definition) is 2. The summed E-state index contributed by atoms with van der Waals surface area (Å²) in [5.41, 5.74) is 0. The van der Waals surface area contributed by atoms with Gasteiger partial charge in [0, 0.05) is 6.16 Å². The van der Waals surface area contributed by atoms with Gasteiger partial charge in [-0.1, -0.05) is 39.5 Å². The van der Waals surface area contributed by atoms with Crippen LogP contribution in [0.25, 0.3) is 0 Å². The van der Waals surface area contributed by atoms with Crippen molar-refractivity contribution in [3.63, 3.8) is 0 Å². The van der Waals surface area contributed by atoms with Gasteiger partial charge in [-0.15, -0.1) is 0 Å². The van der Waals surface area contributed by atoms with Crippen molar-refractivity contribution >= 4 is 7.60 Å². The molecular formula is C10H23O3P. The molecule has 0 heterocycles. The molecule has 86 valence electrons. The Morgan fingerprint density at radius 3 is 2.21 bits per heavy atom. The molecular weight excluding hydrogens is 199 g/mol. The molecule has 0 rings (SSSR count). The zero-order valence-corrected chi connectivity index (χ0v) is 10.3. The van der Waals surface area contributed by atoms with E-state index in [1.54, 1.807) is 0 Å². The summed E-state index contributed by atoms with van der Waals surface area (Å²) in [5, 5.41) is 0. The molecule has 0 aromatic rings. The quantitative estimate of drug-likeness (QED) is 0.479. The largest absolute Gasteiger partial charge is 0.328 e. The van der Waals surface area contributed by atoms with Gasteiger partial charge < -0.3 is 9.42 Å². The predicted molar refractivity (Wildman–Crippen MR) is 59.7 cm³/mol. The van der Waals surface area contributed by atoms with E-state index in [2.05, 4.69) is 13.8 Å². The van der Waals surface area contributed by atoms with Crippen molar-refractivity contribution in [1.29, 1.82) is 0 Å². The first kappa shape index (κ1) is 14.2. The first-order chi connectivity index (χ1) is 6.62. The molecule has 0 aromatic heterocycles. The fourth-order valence-electron chi connectivity index (χ4n) is 1.19. The summed E-state index contributed by atoms with van der Waals surface area (Å²) in [4.78, 5) is 9.37. The number of hydrogen-bond donors (Lipinski definition) is 1. The Bertz CT molecular complexity index is 171. The molecule has 0 aromatic carbocycles. The lowest BCUT2D eigenvalue weighted by Gasteiger charge is -2.11. The van der Waals surface area contributed by atoms with Crippen LogP contribution in [0, 0.1) is 0 Å². The summed E-state index contributed by atoms with van der Waals surface area (Å²) in [6, 6.07) is 0. The molecule has 0 aliphatic rings. The summed E-state index contributed by atoms with van der Waals surface area (Å²) in [6.45, 7) is 4.60. The van der Waals surface area contributed by atoms with Gasteiger partial charge >= 0.3 is 7.60 Å². The lowest BCUT2D eigenvalue weighted by atomic mass is 10.3. The maximum atomic E-state index is 11.4. The van der Waals surface area contributed by atoms with E-state index in [-0.39, 0.29) is 0 Å². The SMILES string of the molecule is CCCCCOP(=O)(O)CCCCC. The van der Waals surface area contributed by atoms with Gasteiger partial charge in [0.05, 0.1) is 6.61 Å². The van der Waals surface area contributed by atoms with E-state index in [0.717, 1.165) is 38.5 Å². The Hall–Kier alpha value is 0.150. The van der Waals surface area contributed by atoms with Crippen molar-refractivity contribution < 1.29 is 14.0 Å². The Balaban J connectivity index is 3.46. The smallest absolute Gasteiger partial charge is 0.324 e. The highest BCUT2D eigenvalue weighted by molar-refractivity contribution is 7.52. The molecule has 0 bridgehead atoms. The van der Waals surface area contributed by atoms with Crippen molar-refractivity contribution in [2.45, 2.75) is 52.4 Å². The fourth-order valence-corrected chi connectivity index (χ4v) is 2.35. The number of rotatable bonds is 9. The molecule has 0 amide bonds. The normalized spacial score (nSPS) is 15.4. The van der Waals surface area contributed by atoms with Crippen LogP contribution in [0.4, 0.5) is 0 Å². The molecule has 0 saturated carbocycles. The second kappa shape index (κ2) is 8.46. The zero-order chi connectivity index (χ0) is 10.9. The molecule has 1 atom stereocenters. The Morgan fingerprint density at radius 2 is 1.64 bits per heavy atom. The van der Waals surface area contributed by atoms with Crippen molar-refractivity contribution in [2.24, 2.45) is 0 Å². The van der Waals surface area contributed by atoms with Gasteiger partial charge in [0.25, 0.3) is 0 Å². The first-order valence-electron chi connectivity index (χ1n) is 5.58. The average molecular weight is 222 g/mol. The Labute approximate surface area is 87.4 Å². The zero-order valence-electron chi connectivity index (χ0n) is 9.37. The van der Waals surface area contributed by atoms with E-state index >= 15 is 0 Å². The van der Waals surface area contributed by atoms with Gasteiger partial charge in [0.1, 0.15) is 0 Å². The third kappa shape index (κ3) is 8.74. The summed E-state index contributed by atoms with van der Waals surface area (Å²) in [6.07, 6.45) is 6.22. The van der Waals surface area contributed by atoms with Crippen LogP contribution in [0.15, 0.2) is 0 Å². The summed E-state index contributed by atoms with van der Waals surface area (Å²) in [7, 11) is -3.26. The Kier molecular flexibility index (Phi) is 8.55. The first-order valence-corrected chi connectivity index (χ1v) is 7.35. The lowest BCUT2D eigenvalue weighted by molar-refractivity contribution is 0.253. The van der Waals surface area contributed by atoms with E-state index < -0.39 is 7.60 Å². The molecule has 0 fully saturated rings. The molecule has 0 aliphatic carbocycles. The summed E-state index contributed by atoms with van der Waals surface area (Å²) >= 11 is 0. The maximum Gasteiger partial charge on any atom is 0.328 e. The highest BCUT2D eigenvalue weighted by Crippen LogP contribution is 2.42. The van der Waals surface area contributed by atoms with E-state index in [4.69, 9.17) is 4.52 Å². The van der Waals surface area contributed by atoms with Crippen molar-refractivity contribution in [3.8, 4) is 0 Å². The van der Waals surface area contributed by atoms with Gasteiger partial charge in [-0.25, -0.2) is 0 Å². The summed E-state index contributed by atoms with van der Waals surface area (Å²) < 4.78 is 16.4. The third-order valence-electron chi connectivity index (χ3n) is 2.09. The van der Waals surface area contributed by atoms with E-state index in [0.29, 0.717) is 12.8 Å². The summed E-state index contributed by atoms with van der Waals surface area (Å²) in [5.74, 6) is 0. The average Bonchev–Trinajstić information content (AvgIpc) is 2.13. The molecule has 0 spiro atoms. The third-order valence-corrected chi connectivity index (χ3v) is 3.55. The van der Waals surface area contributed by atoms with Crippen LogP contribution in [-0.4, -0.2) is 17.7 Å². The Morgan fingerprint density at radius 1 is 1.07 bits per heavy atom. The molecule has 1 N–H and O–H groups in total. The minimum Gasteiger partial charge on any atom is -0.324 e. The van der Waals surface area contributed by atoms with Crippen molar-refractivity contribution in [3.05, 3.63) is 0 Å². The lowest BCUT2D eigenvalue weighted by Crippen LogP contribution is -1.97. The van der Waals surface area contributed by atoms with Gasteiger partial charge in [-0.05, 0) is 12.8 Å². The molecule has 0 aliphatic heterocycles. The van der Waals surface area contributed by atoms with Gasteiger partial charge in [-0.3, -0.25) is 4.57 Å². The second-order valence-electron chi connectivity index (χ2n) is 3.61. The molecule has 1 unspecified atom stereocenters. The van der Waals surface area contributed by atoms with Crippen LogP contribution in [0.5, 0.6) is 0 Å². The van der Waals surface area contributed by atoms with Crippen LogP contribution in [0.2, 0.25) is 0 Å². The van der Waals surface area contributed by atoms with Crippen LogP contribution in [-0.2, 0) is 9.09 Å². The van der Waals surface area contributed by atoms with Crippen LogP contribution in [0.1, 0.15) is 52.4 Å². The van der Waals surface area contributed by atoms with Gasteiger partial charge in [-0.2, -0.15) is 0 Å². The topological polar surface area (TPSA) is 46.5 Å². The molecule has 3 nitrogen and oxygen atoms in total. The van der Waals surface area contributed by atoms with Crippen LogP contribution < -0.4 is 0 Å². The standard InChI is InChI=1S/C10H23O3P/c1-3-5-7-9-13-14(11,12)10-8-6-4-2/h3-10H2,1-2H3,(H,11,12). The van der Waals surface area contributed by atoms with E-state index in [1.165, 1.54) is 0 Å². The van der Waals surface area contributed by atoms with Crippen LogP contribution in [0.3, 0.4) is 0 Å². The number of unbranched alkanes of at least 4 members (excludes halogenated alkanes) is 4. The van der Waals surface area contributed by atoms with Crippen molar-refractivity contribution in [1.82, 2.24) is 0 Å². The molecule has 0 saturated heterocycles. The minimum atomic E-state index is -3.26. The second-order valence-corrected chi connectivity index (χ2v) is 5.59.